The van der Waals surface area contributed by atoms with E-state index in [0.717, 1.165) is 5.56 Å². The summed E-state index contributed by atoms with van der Waals surface area (Å²) >= 11 is 0. The molecule has 0 atom stereocenters. The number of hydrogen-bond acceptors (Lipinski definition) is 4. The number of nitrogens with two attached hydrogens (primary N) is 1. The molecule has 0 aromatic heterocycles. The zero-order valence-electron chi connectivity index (χ0n) is 9.14. The molecule has 1 aromatic carbocycles. The normalized spacial score (nSPS) is 11.4. The number of sulfone groups is 1. The van der Waals surface area contributed by atoms with Gasteiger partial charge in [-0.05, 0) is 12.0 Å². The van der Waals surface area contributed by atoms with Gasteiger partial charge in [-0.1, -0.05) is 24.3 Å². The molecule has 0 spiro atoms. The largest absolute Gasteiger partial charge is 0.324 e. The van der Waals surface area contributed by atoms with Gasteiger partial charge in [0.15, 0.2) is 5.78 Å². The fourth-order valence-electron chi connectivity index (χ4n) is 1.28. The fraction of sp³-hybridized carbons (Fsp3) is 0.364. The summed E-state index contributed by atoms with van der Waals surface area (Å²) in [5, 5.41) is 0. The molecule has 0 aliphatic heterocycles. The molecular weight excluding hydrogens is 226 g/mol. The maximum atomic E-state index is 11.2. The summed E-state index contributed by atoms with van der Waals surface area (Å²) in [7, 11) is -2.94. The van der Waals surface area contributed by atoms with Crippen LogP contribution in [0.2, 0.25) is 0 Å². The number of carbonyl (C=O) groups is 1. The lowest BCUT2D eigenvalue weighted by Crippen LogP contribution is -2.13. The SMILES string of the molecule is CS(=O)(=O)CCc1ccc(C(=O)CN)cc1. The van der Waals surface area contributed by atoms with Gasteiger partial charge in [0, 0.05) is 11.8 Å². The molecule has 0 aliphatic carbocycles. The van der Waals surface area contributed by atoms with Crippen molar-refractivity contribution in [3.05, 3.63) is 35.4 Å². The van der Waals surface area contributed by atoms with Crippen molar-refractivity contribution in [2.45, 2.75) is 6.42 Å². The standard InChI is InChI=1S/C11H15NO3S/c1-16(14,15)7-6-9-2-4-10(5-3-9)11(13)8-12/h2-5H,6-8,12H2,1H3. The van der Waals surface area contributed by atoms with Crippen LogP contribution in [-0.2, 0) is 16.3 Å². The van der Waals surface area contributed by atoms with Gasteiger partial charge >= 0.3 is 0 Å². The van der Waals surface area contributed by atoms with Crippen LogP contribution in [0.4, 0.5) is 0 Å². The summed E-state index contributed by atoms with van der Waals surface area (Å²) in [6.45, 7) is -0.0112. The van der Waals surface area contributed by atoms with Crippen LogP contribution in [0.1, 0.15) is 15.9 Å². The molecule has 0 unspecified atom stereocenters. The Kier molecular flexibility index (Phi) is 4.20. The van der Waals surface area contributed by atoms with Crippen molar-refractivity contribution in [2.75, 3.05) is 18.6 Å². The third-order valence-electron chi connectivity index (χ3n) is 2.22. The van der Waals surface area contributed by atoms with Crippen molar-refractivity contribution in [3.63, 3.8) is 0 Å². The van der Waals surface area contributed by atoms with E-state index in [2.05, 4.69) is 0 Å². The second-order valence-corrected chi connectivity index (χ2v) is 5.96. The Bertz CT molecular complexity index is 463. The van der Waals surface area contributed by atoms with Crippen LogP contribution in [0.25, 0.3) is 0 Å². The van der Waals surface area contributed by atoms with Gasteiger partial charge in [-0.25, -0.2) is 8.42 Å². The van der Waals surface area contributed by atoms with Gasteiger partial charge in [-0.15, -0.1) is 0 Å². The molecule has 0 aliphatic rings. The van der Waals surface area contributed by atoms with Crippen LogP contribution in [-0.4, -0.2) is 32.8 Å². The highest BCUT2D eigenvalue weighted by Gasteiger charge is 2.05. The van der Waals surface area contributed by atoms with Crippen molar-refractivity contribution in [1.82, 2.24) is 0 Å². The first-order valence-corrected chi connectivity index (χ1v) is 6.98. The van der Waals surface area contributed by atoms with Gasteiger partial charge in [0.1, 0.15) is 9.84 Å². The van der Waals surface area contributed by atoms with E-state index in [1.165, 1.54) is 6.26 Å². The molecule has 0 heterocycles. The molecule has 88 valence electrons. The molecular formula is C11H15NO3S. The molecule has 16 heavy (non-hydrogen) atoms. The molecule has 0 radical (unpaired) electrons. The minimum atomic E-state index is -2.94. The molecule has 0 amide bonds. The highest BCUT2D eigenvalue weighted by Crippen LogP contribution is 2.06. The highest BCUT2D eigenvalue weighted by molar-refractivity contribution is 7.90. The summed E-state index contributed by atoms with van der Waals surface area (Å²) in [6.07, 6.45) is 1.68. The molecule has 1 aromatic rings. The maximum Gasteiger partial charge on any atom is 0.176 e. The average Bonchev–Trinajstić information content (AvgIpc) is 2.25. The van der Waals surface area contributed by atoms with Crippen LogP contribution >= 0.6 is 0 Å². The zero-order valence-corrected chi connectivity index (χ0v) is 9.96. The van der Waals surface area contributed by atoms with E-state index in [1.54, 1.807) is 24.3 Å². The van der Waals surface area contributed by atoms with Crippen molar-refractivity contribution in [2.24, 2.45) is 5.73 Å². The van der Waals surface area contributed by atoms with E-state index < -0.39 is 9.84 Å². The molecule has 0 fully saturated rings. The van der Waals surface area contributed by atoms with E-state index in [9.17, 15) is 13.2 Å². The monoisotopic (exact) mass is 241 g/mol. The van der Waals surface area contributed by atoms with E-state index >= 15 is 0 Å². The minimum absolute atomic E-state index is 0.0112. The fourth-order valence-corrected chi connectivity index (χ4v) is 1.88. The Labute approximate surface area is 95.4 Å². The Morgan fingerprint density at radius 1 is 1.25 bits per heavy atom. The molecule has 0 saturated heterocycles. The van der Waals surface area contributed by atoms with E-state index in [0.29, 0.717) is 12.0 Å². The number of ketones is 1. The lowest BCUT2D eigenvalue weighted by atomic mass is 10.1. The Balaban J connectivity index is 2.69. The number of Topliss-reactive ketones (excluding diaryl/α,β-unsaturated/α-hetero) is 1. The molecule has 1 rings (SSSR count). The topological polar surface area (TPSA) is 77.2 Å². The number of benzene rings is 1. The molecule has 0 bridgehead atoms. The first-order chi connectivity index (χ1) is 7.42. The molecule has 0 saturated carbocycles. The van der Waals surface area contributed by atoms with Gasteiger partial charge in [0.05, 0.1) is 12.3 Å². The number of aryl methyl sites for hydroxylation is 1. The van der Waals surface area contributed by atoms with Crippen molar-refractivity contribution < 1.29 is 13.2 Å². The summed E-state index contributed by atoms with van der Waals surface area (Å²) in [5.74, 6) is 0.00615. The maximum absolute atomic E-state index is 11.2. The van der Waals surface area contributed by atoms with Gasteiger partial charge in [0.2, 0.25) is 0 Å². The second kappa shape index (κ2) is 5.23. The van der Waals surface area contributed by atoms with Gasteiger partial charge < -0.3 is 5.73 Å². The molecule has 5 heteroatoms. The molecule has 4 nitrogen and oxygen atoms in total. The van der Waals surface area contributed by atoms with Crippen molar-refractivity contribution >= 4 is 15.6 Å². The van der Waals surface area contributed by atoms with Crippen LogP contribution < -0.4 is 5.73 Å². The van der Waals surface area contributed by atoms with Crippen molar-refractivity contribution in [3.8, 4) is 0 Å². The summed E-state index contributed by atoms with van der Waals surface area (Å²) in [6, 6.07) is 6.86. The number of hydrogen-bond donors (Lipinski definition) is 1. The average molecular weight is 241 g/mol. The first kappa shape index (κ1) is 12.9. The lowest BCUT2D eigenvalue weighted by Gasteiger charge is -2.02. The quantitative estimate of drug-likeness (QED) is 0.758. The van der Waals surface area contributed by atoms with Crippen LogP contribution in [0.5, 0.6) is 0 Å². The van der Waals surface area contributed by atoms with Crippen LogP contribution in [0.15, 0.2) is 24.3 Å². The lowest BCUT2D eigenvalue weighted by molar-refractivity contribution is 0.100. The number of rotatable bonds is 5. The zero-order chi connectivity index (χ0) is 12.2. The third-order valence-corrected chi connectivity index (χ3v) is 3.17. The van der Waals surface area contributed by atoms with Crippen LogP contribution in [0, 0.1) is 0 Å². The Morgan fingerprint density at radius 3 is 2.25 bits per heavy atom. The Hall–Kier alpha value is -1.20. The van der Waals surface area contributed by atoms with Crippen molar-refractivity contribution in [1.29, 1.82) is 0 Å². The number of carbonyl (C=O) groups excluding carboxylic acids is 1. The summed E-state index contributed by atoms with van der Waals surface area (Å²) in [5.41, 5.74) is 6.69. The van der Waals surface area contributed by atoms with E-state index in [-0.39, 0.29) is 18.1 Å². The second-order valence-electron chi connectivity index (χ2n) is 3.70. The van der Waals surface area contributed by atoms with Gasteiger partial charge in [-0.3, -0.25) is 4.79 Å². The summed E-state index contributed by atoms with van der Waals surface area (Å²) < 4.78 is 21.9. The predicted octanol–water partition coefficient (Wildman–Crippen LogP) is 0.415. The Morgan fingerprint density at radius 2 is 1.81 bits per heavy atom. The van der Waals surface area contributed by atoms with Crippen LogP contribution in [0.3, 0.4) is 0 Å². The predicted molar refractivity (Wildman–Crippen MR) is 63.2 cm³/mol. The van der Waals surface area contributed by atoms with E-state index in [4.69, 9.17) is 5.73 Å². The summed E-state index contributed by atoms with van der Waals surface area (Å²) in [4.78, 5) is 11.2. The van der Waals surface area contributed by atoms with E-state index in [1.807, 2.05) is 0 Å². The minimum Gasteiger partial charge on any atom is -0.324 e. The molecule has 2 N–H and O–H groups in total. The highest BCUT2D eigenvalue weighted by atomic mass is 32.2. The smallest absolute Gasteiger partial charge is 0.176 e. The van der Waals surface area contributed by atoms with Gasteiger partial charge in [0.25, 0.3) is 0 Å². The van der Waals surface area contributed by atoms with Gasteiger partial charge in [-0.2, -0.15) is 0 Å². The third kappa shape index (κ3) is 4.12. The first-order valence-electron chi connectivity index (χ1n) is 4.92.